The number of nitrogens with zero attached hydrogens (tertiary/aromatic N) is 1. The molecule has 106 valence electrons. The predicted molar refractivity (Wildman–Crippen MR) is 85.3 cm³/mol. The largest absolute Gasteiger partial charge is 0.355 e. The molecule has 0 bridgehead atoms. The van der Waals surface area contributed by atoms with Crippen molar-refractivity contribution in [2.75, 3.05) is 5.32 Å². The van der Waals surface area contributed by atoms with Crippen molar-refractivity contribution in [1.29, 1.82) is 0 Å². The molecule has 0 fully saturated rings. The van der Waals surface area contributed by atoms with Crippen LogP contribution in [-0.2, 0) is 6.42 Å². The molecule has 21 heavy (non-hydrogen) atoms. The summed E-state index contributed by atoms with van der Waals surface area (Å²) in [6.45, 7) is 0. The molecule has 0 aliphatic heterocycles. The molecule has 2 aromatic carbocycles. The number of rotatable bonds is 2. The third kappa shape index (κ3) is 2.40. The molecule has 1 heterocycles. The van der Waals surface area contributed by atoms with Gasteiger partial charge in [-0.25, -0.2) is 9.37 Å². The van der Waals surface area contributed by atoms with Crippen LogP contribution in [0.25, 0.3) is 10.2 Å². The van der Waals surface area contributed by atoms with E-state index in [0.29, 0.717) is 6.04 Å². The summed E-state index contributed by atoms with van der Waals surface area (Å²) in [5.74, 6) is -0.208. The fourth-order valence-electron chi connectivity index (χ4n) is 3.01. The molecule has 4 rings (SSSR count). The quantitative estimate of drug-likeness (QED) is 0.726. The minimum atomic E-state index is -0.208. The average Bonchev–Trinajstić information content (AvgIpc) is 2.89. The minimum absolute atomic E-state index is 0.208. The number of hydrogen-bond acceptors (Lipinski definition) is 3. The molecule has 1 N–H and O–H groups in total. The Morgan fingerprint density at radius 1 is 1.19 bits per heavy atom. The van der Waals surface area contributed by atoms with Crippen molar-refractivity contribution in [2.45, 2.75) is 25.3 Å². The van der Waals surface area contributed by atoms with Gasteiger partial charge >= 0.3 is 0 Å². The second kappa shape index (κ2) is 5.11. The van der Waals surface area contributed by atoms with Gasteiger partial charge in [0.1, 0.15) is 5.82 Å². The Bertz CT molecular complexity index is 796. The fourth-order valence-corrected chi connectivity index (χ4v) is 3.96. The van der Waals surface area contributed by atoms with E-state index in [-0.39, 0.29) is 5.82 Å². The molecule has 0 amide bonds. The summed E-state index contributed by atoms with van der Waals surface area (Å²) in [6, 6.07) is 13.6. The Morgan fingerprint density at radius 3 is 3.05 bits per heavy atom. The molecule has 0 saturated carbocycles. The van der Waals surface area contributed by atoms with E-state index in [4.69, 9.17) is 0 Å². The van der Waals surface area contributed by atoms with Gasteiger partial charge in [0.25, 0.3) is 0 Å². The zero-order valence-corrected chi connectivity index (χ0v) is 12.3. The van der Waals surface area contributed by atoms with Crippen LogP contribution in [0.3, 0.4) is 0 Å². The second-order valence-electron chi connectivity index (χ2n) is 5.42. The maximum atomic E-state index is 13.3. The molecule has 0 radical (unpaired) electrons. The molecule has 0 saturated heterocycles. The van der Waals surface area contributed by atoms with Crippen LogP contribution in [0.1, 0.15) is 30.0 Å². The molecule has 1 unspecified atom stereocenters. The maximum Gasteiger partial charge on any atom is 0.184 e. The lowest BCUT2D eigenvalue weighted by molar-refractivity contribution is 0.600. The van der Waals surface area contributed by atoms with E-state index in [0.717, 1.165) is 28.2 Å². The highest BCUT2D eigenvalue weighted by molar-refractivity contribution is 7.22. The van der Waals surface area contributed by atoms with E-state index in [9.17, 15) is 4.39 Å². The van der Waals surface area contributed by atoms with Gasteiger partial charge in [-0.05, 0) is 48.6 Å². The van der Waals surface area contributed by atoms with Gasteiger partial charge in [0.05, 0.1) is 16.3 Å². The summed E-state index contributed by atoms with van der Waals surface area (Å²) < 4.78 is 14.2. The molecule has 1 aliphatic rings. The highest BCUT2D eigenvalue weighted by Gasteiger charge is 2.20. The van der Waals surface area contributed by atoms with Crippen LogP contribution in [0, 0.1) is 5.82 Å². The maximum absolute atomic E-state index is 13.3. The van der Waals surface area contributed by atoms with Crippen LogP contribution in [0.2, 0.25) is 0 Å². The lowest BCUT2D eigenvalue weighted by Crippen LogP contribution is -2.17. The van der Waals surface area contributed by atoms with Gasteiger partial charge in [-0.3, -0.25) is 0 Å². The smallest absolute Gasteiger partial charge is 0.184 e. The highest BCUT2D eigenvalue weighted by Crippen LogP contribution is 2.35. The summed E-state index contributed by atoms with van der Waals surface area (Å²) in [5.41, 5.74) is 3.65. The first-order valence-electron chi connectivity index (χ1n) is 7.20. The van der Waals surface area contributed by atoms with Crippen LogP contribution >= 0.6 is 11.3 Å². The fraction of sp³-hybridized carbons (Fsp3) is 0.235. The second-order valence-corrected chi connectivity index (χ2v) is 6.45. The number of hydrogen-bond donors (Lipinski definition) is 1. The number of thiazole rings is 1. The van der Waals surface area contributed by atoms with E-state index in [1.54, 1.807) is 12.1 Å². The normalized spacial score (nSPS) is 17.7. The zero-order valence-electron chi connectivity index (χ0n) is 11.5. The number of aromatic nitrogens is 1. The van der Waals surface area contributed by atoms with Crippen LogP contribution in [0.4, 0.5) is 9.52 Å². The van der Waals surface area contributed by atoms with Crippen LogP contribution in [0.15, 0.2) is 42.5 Å². The van der Waals surface area contributed by atoms with Gasteiger partial charge < -0.3 is 5.32 Å². The van der Waals surface area contributed by atoms with Crippen molar-refractivity contribution in [2.24, 2.45) is 0 Å². The minimum Gasteiger partial charge on any atom is -0.355 e. The van der Waals surface area contributed by atoms with Crippen molar-refractivity contribution in [3.63, 3.8) is 0 Å². The third-order valence-electron chi connectivity index (χ3n) is 4.02. The van der Waals surface area contributed by atoms with E-state index < -0.39 is 0 Å². The monoisotopic (exact) mass is 298 g/mol. The van der Waals surface area contributed by atoms with Gasteiger partial charge in [0.15, 0.2) is 5.13 Å². The predicted octanol–water partition coefficient (Wildman–Crippen LogP) is 4.92. The van der Waals surface area contributed by atoms with Gasteiger partial charge in [0, 0.05) is 0 Å². The zero-order chi connectivity index (χ0) is 14.2. The van der Waals surface area contributed by atoms with Gasteiger partial charge in [-0.1, -0.05) is 35.6 Å². The average molecular weight is 298 g/mol. The van der Waals surface area contributed by atoms with Crippen molar-refractivity contribution >= 4 is 26.7 Å². The Morgan fingerprint density at radius 2 is 2.10 bits per heavy atom. The number of nitrogens with one attached hydrogen (secondary N) is 1. The first-order valence-corrected chi connectivity index (χ1v) is 8.02. The number of benzene rings is 2. The standard InChI is InChI=1S/C17H15FN2S/c18-12-8-9-15-16(10-12)21-17(20-15)19-14-7-3-5-11-4-1-2-6-13(11)14/h1-2,4,6,8-10,14H,3,5,7H2,(H,19,20). The van der Waals surface area contributed by atoms with E-state index in [1.807, 2.05) is 0 Å². The molecule has 3 aromatic rings. The summed E-state index contributed by atoms with van der Waals surface area (Å²) in [5, 5.41) is 4.40. The summed E-state index contributed by atoms with van der Waals surface area (Å²) >= 11 is 1.52. The van der Waals surface area contributed by atoms with Crippen LogP contribution < -0.4 is 5.32 Å². The molecule has 4 heteroatoms. The summed E-state index contributed by atoms with van der Waals surface area (Å²) in [7, 11) is 0. The molecule has 1 atom stereocenters. The number of fused-ring (bicyclic) bond motifs is 2. The number of anilines is 1. The third-order valence-corrected chi connectivity index (χ3v) is 4.97. The number of halogens is 1. The first-order chi connectivity index (χ1) is 10.3. The van der Waals surface area contributed by atoms with Crippen molar-refractivity contribution < 1.29 is 4.39 Å². The van der Waals surface area contributed by atoms with Crippen LogP contribution in [-0.4, -0.2) is 4.98 Å². The molecular weight excluding hydrogens is 283 g/mol. The Hall–Kier alpha value is -1.94. The molecule has 1 aromatic heterocycles. The van der Waals surface area contributed by atoms with Gasteiger partial charge in [-0.15, -0.1) is 0 Å². The lowest BCUT2D eigenvalue weighted by Gasteiger charge is -2.26. The first kappa shape index (κ1) is 12.8. The van der Waals surface area contributed by atoms with Gasteiger partial charge in [-0.2, -0.15) is 0 Å². The Labute approximate surface area is 126 Å². The highest BCUT2D eigenvalue weighted by atomic mass is 32.1. The molecular formula is C17H15FN2S. The lowest BCUT2D eigenvalue weighted by atomic mass is 9.88. The Balaban J connectivity index is 1.66. The van der Waals surface area contributed by atoms with Crippen LogP contribution in [0.5, 0.6) is 0 Å². The van der Waals surface area contributed by atoms with Gasteiger partial charge in [0.2, 0.25) is 0 Å². The topological polar surface area (TPSA) is 24.9 Å². The SMILES string of the molecule is Fc1ccc2nc(NC3CCCc4ccccc43)sc2c1. The van der Waals surface area contributed by atoms with Crippen molar-refractivity contribution in [3.8, 4) is 0 Å². The Kier molecular flexibility index (Phi) is 3.11. The molecule has 2 nitrogen and oxygen atoms in total. The van der Waals surface area contributed by atoms with E-state index in [1.165, 1.54) is 35.0 Å². The molecule has 0 spiro atoms. The van der Waals surface area contributed by atoms with Crippen molar-refractivity contribution in [1.82, 2.24) is 4.98 Å². The van der Waals surface area contributed by atoms with E-state index >= 15 is 0 Å². The molecule has 1 aliphatic carbocycles. The summed E-state index contributed by atoms with van der Waals surface area (Å²) in [6.07, 6.45) is 3.45. The van der Waals surface area contributed by atoms with E-state index in [2.05, 4.69) is 34.6 Å². The summed E-state index contributed by atoms with van der Waals surface area (Å²) in [4.78, 5) is 4.56. The van der Waals surface area contributed by atoms with Crippen molar-refractivity contribution in [3.05, 3.63) is 59.4 Å². The number of aryl methyl sites for hydroxylation is 1.